The lowest BCUT2D eigenvalue weighted by atomic mass is 10.1. The first kappa shape index (κ1) is 20.5. The van der Waals surface area contributed by atoms with Crippen molar-refractivity contribution in [3.05, 3.63) is 35.4 Å². The molecule has 1 fully saturated rings. The molecule has 0 saturated carbocycles. The molecule has 5 nitrogen and oxygen atoms in total. The zero-order chi connectivity index (χ0) is 19.0. The van der Waals surface area contributed by atoms with E-state index in [1.165, 1.54) is 0 Å². The molecule has 0 aliphatic carbocycles. The number of benzene rings is 1. The molecule has 0 aromatic heterocycles. The minimum Gasteiger partial charge on any atom is -0.381 e. The summed E-state index contributed by atoms with van der Waals surface area (Å²) in [6, 6.07) is 7.29. The van der Waals surface area contributed by atoms with Crippen molar-refractivity contribution in [3.63, 3.8) is 0 Å². The molecular weight excluding hydrogens is 347 g/mol. The predicted molar refractivity (Wildman–Crippen MR) is 93.9 cm³/mol. The highest BCUT2D eigenvalue weighted by molar-refractivity contribution is 5.79. The summed E-state index contributed by atoms with van der Waals surface area (Å²) in [7, 11) is 3.74. The van der Waals surface area contributed by atoms with Gasteiger partial charge in [0, 0.05) is 39.7 Å². The molecule has 1 saturated heterocycles. The maximum absolute atomic E-state index is 12.1. The molecule has 1 aliphatic rings. The first-order valence-electron chi connectivity index (χ1n) is 8.59. The van der Waals surface area contributed by atoms with Crippen LogP contribution in [-0.4, -0.2) is 57.5 Å². The van der Waals surface area contributed by atoms with Crippen molar-refractivity contribution in [2.24, 2.45) is 10.9 Å². The van der Waals surface area contributed by atoms with Gasteiger partial charge in [-0.15, -0.1) is 0 Å². The fourth-order valence-corrected chi connectivity index (χ4v) is 2.80. The van der Waals surface area contributed by atoms with Gasteiger partial charge in [-0.3, -0.25) is 4.99 Å². The number of hydrogen-bond donors (Lipinski definition) is 1. The zero-order valence-electron chi connectivity index (χ0n) is 15.2. The molecule has 0 amide bonds. The fourth-order valence-electron chi connectivity index (χ4n) is 2.80. The van der Waals surface area contributed by atoms with Crippen molar-refractivity contribution in [1.82, 2.24) is 10.2 Å². The fraction of sp³-hybridized carbons (Fsp3) is 0.611. The lowest BCUT2D eigenvalue weighted by molar-refractivity contribution is -0.176. The van der Waals surface area contributed by atoms with E-state index in [1.807, 2.05) is 19.2 Å². The Balaban J connectivity index is 1.76. The number of ether oxygens (including phenoxy) is 2. The molecule has 2 rings (SSSR count). The third kappa shape index (κ3) is 7.21. The Morgan fingerprint density at radius 3 is 2.58 bits per heavy atom. The van der Waals surface area contributed by atoms with E-state index in [2.05, 4.69) is 19.9 Å². The Bertz CT molecular complexity index is 570. The monoisotopic (exact) mass is 373 g/mol. The van der Waals surface area contributed by atoms with Gasteiger partial charge in [-0.25, -0.2) is 0 Å². The molecule has 1 N–H and O–H groups in total. The van der Waals surface area contributed by atoms with Crippen LogP contribution in [-0.2, 0) is 22.6 Å². The molecule has 1 aliphatic heterocycles. The van der Waals surface area contributed by atoms with Gasteiger partial charge in [-0.1, -0.05) is 24.3 Å². The molecular formula is C18H26F3N3O2. The van der Waals surface area contributed by atoms with Gasteiger partial charge in [0.05, 0.1) is 13.2 Å². The summed E-state index contributed by atoms with van der Waals surface area (Å²) in [5, 5.41) is 3.30. The van der Waals surface area contributed by atoms with E-state index in [0.717, 1.165) is 37.7 Å². The van der Waals surface area contributed by atoms with E-state index in [-0.39, 0.29) is 6.61 Å². The third-order valence-electron chi connectivity index (χ3n) is 4.14. The van der Waals surface area contributed by atoms with Gasteiger partial charge in [0.25, 0.3) is 0 Å². The Hall–Kier alpha value is -1.80. The first-order valence-corrected chi connectivity index (χ1v) is 8.59. The summed E-state index contributed by atoms with van der Waals surface area (Å²) in [4.78, 5) is 6.37. The molecule has 26 heavy (non-hydrogen) atoms. The van der Waals surface area contributed by atoms with Crippen molar-refractivity contribution in [2.75, 3.05) is 40.5 Å². The number of aliphatic imine (C=N–C) groups is 1. The van der Waals surface area contributed by atoms with Crippen LogP contribution in [0.4, 0.5) is 13.2 Å². The van der Waals surface area contributed by atoms with Crippen molar-refractivity contribution >= 4 is 5.96 Å². The number of nitrogens with one attached hydrogen (secondary N) is 1. The second-order valence-electron chi connectivity index (χ2n) is 6.44. The van der Waals surface area contributed by atoms with Gasteiger partial charge < -0.3 is 19.7 Å². The maximum atomic E-state index is 12.1. The van der Waals surface area contributed by atoms with Gasteiger partial charge in [-0.2, -0.15) is 13.2 Å². The van der Waals surface area contributed by atoms with Gasteiger partial charge in [0.1, 0.15) is 6.61 Å². The molecule has 146 valence electrons. The Kier molecular flexibility index (Phi) is 7.71. The van der Waals surface area contributed by atoms with E-state index in [9.17, 15) is 13.2 Å². The third-order valence-corrected chi connectivity index (χ3v) is 4.14. The van der Waals surface area contributed by atoms with Crippen LogP contribution in [0.5, 0.6) is 0 Å². The smallest absolute Gasteiger partial charge is 0.381 e. The Morgan fingerprint density at radius 2 is 2.00 bits per heavy atom. The molecule has 1 aromatic rings. The SMILES string of the molecule is CN=C(NCc1ccc(COCC(F)(F)F)cc1)N(C)CC1CCOC1. The number of halogens is 3. The van der Waals surface area contributed by atoms with Crippen LogP contribution in [0.15, 0.2) is 29.3 Å². The number of alkyl halides is 3. The van der Waals surface area contributed by atoms with Gasteiger partial charge in [-0.05, 0) is 17.5 Å². The Labute approximate surface area is 152 Å². The largest absolute Gasteiger partial charge is 0.411 e. The minimum atomic E-state index is -4.30. The van der Waals surface area contributed by atoms with Gasteiger partial charge >= 0.3 is 6.18 Å². The molecule has 1 atom stereocenters. The van der Waals surface area contributed by atoms with Crippen LogP contribution in [0, 0.1) is 5.92 Å². The maximum Gasteiger partial charge on any atom is 0.411 e. The molecule has 0 radical (unpaired) electrons. The lowest BCUT2D eigenvalue weighted by Gasteiger charge is -2.24. The highest BCUT2D eigenvalue weighted by Gasteiger charge is 2.27. The van der Waals surface area contributed by atoms with Crippen molar-refractivity contribution in [2.45, 2.75) is 25.7 Å². The van der Waals surface area contributed by atoms with Crippen LogP contribution in [0.3, 0.4) is 0 Å². The summed E-state index contributed by atoms with van der Waals surface area (Å²) in [6.45, 7) is 1.80. The summed E-state index contributed by atoms with van der Waals surface area (Å²) < 4.78 is 46.3. The average molecular weight is 373 g/mol. The molecule has 1 unspecified atom stereocenters. The van der Waals surface area contributed by atoms with Crippen molar-refractivity contribution in [1.29, 1.82) is 0 Å². The zero-order valence-corrected chi connectivity index (χ0v) is 15.2. The molecule has 1 heterocycles. The lowest BCUT2D eigenvalue weighted by Crippen LogP contribution is -2.41. The second-order valence-corrected chi connectivity index (χ2v) is 6.44. The number of hydrogen-bond acceptors (Lipinski definition) is 3. The predicted octanol–water partition coefficient (Wildman–Crippen LogP) is 2.81. The minimum absolute atomic E-state index is 0.0545. The van der Waals surface area contributed by atoms with Gasteiger partial charge in [0.15, 0.2) is 5.96 Å². The van der Waals surface area contributed by atoms with Crippen molar-refractivity contribution in [3.8, 4) is 0 Å². The number of guanidine groups is 1. The van der Waals surface area contributed by atoms with E-state index in [4.69, 9.17) is 4.74 Å². The molecule has 1 aromatic carbocycles. The van der Waals surface area contributed by atoms with Crippen LogP contribution >= 0.6 is 0 Å². The average Bonchev–Trinajstić information content (AvgIpc) is 3.08. The van der Waals surface area contributed by atoms with E-state index in [1.54, 1.807) is 19.2 Å². The van der Waals surface area contributed by atoms with Crippen molar-refractivity contribution < 1.29 is 22.6 Å². The summed E-state index contributed by atoms with van der Waals surface area (Å²) >= 11 is 0. The van der Waals surface area contributed by atoms with Crippen LogP contribution < -0.4 is 5.32 Å². The topological polar surface area (TPSA) is 46.1 Å². The quantitative estimate of drug-likeness (QED) is 0.590. The van der Waals surface area contributed by atoms with E-state index >= 15 is 0 Å². The first-order chi connectivity index (χ1) is 12.4. The molecule has 0 bridgehead atoms. The van der Waals surface area contributed by atoms with Crippen LogP contribution in [0.2, 0.25) is 0 Å². The summed E-state index contributed by atoms with van der Waals surface area (Å²) in [6.07, 6.45) is -3.23. The normalized spacial score (nSPS) is 18.2. The highest BCUT2D eigenvalue weighted by Crippen LogP contribution is 2.16. The van der Waals surface area contributed by atoms with E-state index < -0.39 is 12.8 Å². The van der Waals surface area contributed by atoms with Gasteiger partial charge in [0.2, 0.25) is 0 Å². The molecule has 8 heteroatoms. The second kappa shape index (κ2) is 9.78. The standard InChI is InChI=1S/C18H26F3N3O2/c1-22-17(24(2)10-16-7-8-25-12-16)23-9-14-3-5-15(6-4-14)11-26-13-18(19,20)21/h3-6,16H,7-13H2,1-2H3,(H,22,23). The summed E-state index contributed by atoms with van der Waals surface area (Å²) in [5.74, 6) is 1.32. The highest BCUT2D eigenvalue weighted by atomic mass is 19.4. The molecule has 0 spiro atoms. The number of nitrogens with zero attached hydrogens (tertiary/aromatic N) is 2. The summed E-state index contributed by atoms with van der Waals surface area (Å²) in [5.41, 5.74) is 1.73. The van der Waals surface area contributed by atoms with Crippen LogP contribution in [0.25, 0.3) is 0 Å². The number of rotatable bonds is 7. The van der Waals surface area contributed by atoms with E-state index in [0.29, 0.717) is 18.0 Å². The van der Waals surface area contributed by atoms with Crippen LogP contribution in [0.1, 0.15) is 17.5 Å². The Morgan fingerprint density at radius 1 is 1.31 bits per heavy atom.